The maximum atomic E-state index is 3.68. The average Bonchev–Trinajstić information content (AvgIpc) is 2.52. The summed E-state index contributed by atoms with van der Waals surface area (Å²) in [4.78, 5) is 0. The van der Waals surface area contributed by atoms with E-state index in [1.807, 2.05) is 0 Å². The van der Waals surface area contributed by atoms with Gasteiger partial charge in [0.2, 0.25) is 0 Å². The largest absolute Gasteiger partial charge is 0.147 e. The third-order valence-corrected chi connectivity index (χ3v) is 5.65. The van der Waals surface area contributed by atoms with E-state index in [0.717, 1.165) is 6.42 Å². The minimum Gasteiger partial charge on any atom is -0.147 e. The van der Waals surface area contributed by atoms with E-state index in [4.69, 9.17) is 0 Å². The first-order chi connectivity index (χ1) is 6.59. The summed E-state index contributed by atoms with van der Waals surface area (Å²) in [5, 5.41) is 0. The molecule has 0 atom stereocenters. The second kappa shape index (κ2) is 7.53. The predicted molar refractivity (Wildman–Crippen MR) is 65.6 cm³/mol. The molecule has 0 aromatic rings. The number of hydrogen-bond donors (Lipinski definition) is 2. The number of hydrogen-bond acceptors (Lipinski definition) is 2. The molecule has 0 unspecified atom stereocenters. The molecular formula is C11H22ClN2V. The van der Waals surface area contributed by atoms with E-state index in [9.17, 15) is 0 Å². The van der Waals surface area contributed by atoms with Gasteiger partial charge in [0.05, 0.1) is 0 Å². The Kier molecular flexibility index (Phi) is 7.67. The monoisotopic (exact) mass is 268 g/mol. The molecule has 4 heteroatoms. The fourth-order valence-electron chi connectivity index (χ4n) is 1.32. The Bertz CT molecular complexity index is 227. The molecule has 0 aliphatic heterocycles. The molecule has 0 radical (unpaired) electrons. The van der Waals surface area contributed by atoms with Crippen LogP contribution in [0.1, 0.15) is 34.1 Å². The summed E-state index contributed by atoms with van der Waals surface area (Å²) in [6.45, 7) is 8.86. The van der Waals surface area contributed by atoms with Crippen molar-refractivity contribution in [1.29, 1.82) is 0 Å². The van der Waals surface area contributed by atoms with Crippen LogP contribution in [0.15, 0.2) is 22.5 Å². The minimum atomic E-state index is -1.17. The summed E-state index contributed by atoms with van der Waals surface area (Å²) in [7, 11) is 0. The van der Waals surface area contributed by atoms with Gasteiger partial charge in [-0.1, -0.05) is 0 Å². The summed E-state index contributed by atoms with van der Waals surface area (Å²) in [5.41, 5.74) is 0. The van der Waals surface area contributed by atoms with Crippen molar-refractivity contribution in [3.63, 3.8) is 0 Å². The normalized spacial score (nSPS) is 15.0. The molecule has 15 heavy (non-hydrogen) atoms. The van der Waals surface area contributed by atoms with Gasteiger partial charge in [-0.05, 0) is 0 Å². The summed E-state index contributed by atoms with van der Waals surface area (Å²) in [6, 6.07) is 1.14. The van der Waals surface area contributed by atoms with Crippen molar-refractivity contribution < 1.29 is 15.6 Å². The van der Waals surface area contributed by atoms with Crippen LogP contribution >= 0.6 is 12.4 Å². The zero-order chi connectivity index (χ0) is 10.6. The number of halogens is 1. The van der Waals surface area contributed by atoms with E-state index in [1.165, 1.54) is 0 Å². The van der Waals surface area contributed by atoms with Gasteiger partial charge in [0, 0.05) is 0 Å². The van der Waals surface area contributed by atoms with Crippen LogP contribution in [0.4, 0.5) is 0 Å². The molecule has 0 heterocycles. The molecule has 0 amide bonds. The fraction of sp³-hybridized carbons (Fsp3) is 0.636. The summed E-state index contributed by atoms with van der Waals surface area (Å²) >= 11 is -1.17. The molecule has 1 aliphatic carbocycles. The Morgan fingerprint density at radius 1 is 1.13 bits per heavy atom. The topological polar surface area (TPSA) is 24.1 Å². The van der Waals surface area contributed by atoms with Gasteiger partial charge in [-0.25, -0.2) is 0 Å². The maximum absolute atomic E-state index is 3.68. The van der Waals surface area contributed by atoms with Gasteiger partial charge in [-0.3, -0.25) is 0 Å². The molecule has 1 rings (SSSR count). The average molecular weight is 269 g/mol. The first kappa shape index (κ1) is 15.3. The van der Waals surface area contributed by atoms with Gasteiger partial charge in [0.15, 0.2) is 0 Å². The molecule has 0 saturated carbocycles. The maximum Gasteiger partial charge on any atom is -0.147 e. The van der Waals surface area contributed by atoms with Gasteiger partial charge in [-0.15, -0.1) is 12.4 Å². The van der Waals surface area contributed by atoms with Crippen LogP contribution in [0, 0.1) is 0 Å². The smallest absolute Gasteiger partial charge is 0.147 e. The van der Waals surface area contributed by atoms with E-state index >= 15 is 0 Å². The zero-order valence-electron chi connectivity index (χ0n) is 9.95. The molecule has 0 aromatic heterocycles. The quantitative estimate of drug-likeness (QED) is 0.801. The van der Waals surface area contributed by atoms with Gasteiger partial charge < -0.3 is 0 Å². The van der Waals surface area contributed by atoms with E-state index < -0.39 is 15.6 Å². The minimum absolute atomic E-state index is 0. The van der Waals surface area contributed by atoms with Crippen LogP contribution in [0.5, 0.6) is 0 Å². The molecule has 0 saturated heterocycles. The van der Waals surface area contributed by atoms with Crippen LogP contribution in [-0.4, -0.2) is 12.1 Å². The Hall–Kier alpha value is 0.274. The van der Waals surface area contributed by atoms with Crippen molar-refractivity contribution in [3.8, 4) is 0 Å². The van der Waals surface area contributed by atoms with Crippen molar-refractivity contribution in [2.75, 3.05) is 0 Å². The molecule has 0 fully saturated rings. The summed E-state index contributed by atoms with van der Waals surface area (Å²) < 4.78 is 8.94. The van der Waals surface area contributed by atoms with Crippen LogP contribution in [0.2, 0.25) is 0 Å². The van der Waals surface area contributed by atoms with Gasteiger partial charge in [-0.2, -0.15) is 0 Å². The molecule has 0 aromatic carbocycles. The number of rotatable bonds is 5. The van der Waals surface area contributed by atoms with Crippen LogP contribution in [0.25, 0.3) is 0 Å². The Morgan fingerprint density at radius 2 is 1.67 bits per heavy atom. The van der Waals surface area contributed by atoms with E-state index in [-0.39, 0.29) is 12.4 Å². The molecule has 88 valence electrons. The molecule has 0 spiro atoms. The van der Waals surface area contributed by atoms with Crippen molar-refractivity contribution in [2.45, 2.75) is 46.2 Å². The second-order valence-corrected chi connectivity index (χ2v) is 6.94. The number of allylic oxidation sites excluding steroid dienone is 4. The fourth-order valence-corrected chi connectivity index (χ4v) is 4.39. The van der Waals surface area contributed by atoms with E-state index in [1.54, 1.807) is 4.28 Å². The first-order valence-corrected chi connectivity index (χ1v) is 7.37. The third-order valence-electron chi connectivity index (χ3n) is 1.81. The first-order valence-electron chi connectivity index (χ1n) is 5.27. The Morgan fingerprint density at radius 3 is 2.00 bits per heavy atom. The van der Waals surface area contributed by atoms with E-state index in [0.29, 0.717) is 12.1 Å². The molecule has 1 aliphatic rings. The van der Waals surface area contributed by atoms with Crippen molar-refractivity contribution in [1.82, 2.24) is 8.33 Å². The molecular weight excluding hydrogens is 247 g/mol. The van der Waals surface area contributed by atoms with Crippen molar-refractivity contribution in [3.05, 3.63) is 22.5 Å². The van der Waals surface area contributed by atoms with Crippen LogP contribution in [-0.2, 0) is 15.6 Å². The SMILES string of the molecule is CC(C)[NH][V]([NH]C(C)C)[C]1=CC=CC1.Cl. The van der Waals surface area contributed by atoms with Crippen LogP contribution in [0.3, 0.4) is 0 Å². The zero-order valence-corrected chi connectivity index (χ0v) is 12.2. The Balaban J connectivity index is 0.00000196. The van der Waals surface area contributed by atoms with E-state index in [2.05, 4.69) is 54.3 Å². The number of nitrogens with one attached hydrogen (secondary N) is 2. The molecule has 2 N–H and O–H groups in total. The molecule has 2 nitrogen and oxygen atoms in total. The van der Waals surface area contributed by atoms with Gasteiger partial charge >= 0.3 is 92.7 Å². The van der Waals surface area contributed by atoms with Crippen LogP contribution < -0.4 is 8.33 Å². The summed E-state index contributed by atoms with van der Waals surface area (Å²) in [5.74, 6) is 0. The van der Waals surface area contributed by atoms with Crippen molar-refractivity contribution >= 4 is 12.4 Å². The second-order valence-electron chi connectivity index (χ2n) is 4.19. The van der Waals surface area contributed by atoms with Crippen molar-refractivity contribution in [2.24, 2.45) is 0 Å². The standard InChI is InChI=1S/C5H5.2C3H8N.ClH.V/c1-2-4-5-3-1;2*1-3(2)4;;/h1-3H,4H2;2*3-4H,1-2H3;1H;/q;2*-1;;+2. The van der Waals surface area contributed by atoms with Gasteiger partial charge in [0.25, 0.3) is 0 Å². The van der Waals surface area contributed by atoms with Gasteiger partial charge in [0.1, 0.15) is 0 Å². The molecule has 0 bridgehead atoms. The predicted octanol–water partition coefficient (Wildman–Crippen LogP) is 2.70. The summed E-state index contributed by atoms with van der Waals surface area (Å²) in [6.07, 6.45) is 7.81. The third kappa shape index (κ3) is 5.79. The Labute approximate surface area is 105 Å².